The molecule has 1 aromatic rings. The average Bonchev–Trinajstić information content (AvgIpc) is 2.26. The molecule has 1 aromatic carbocycles. The molecular weight excluding hydrogens is 287 g/mol. The molecule has 0 bridgehead atoms. The van der Waals surface area contributed by atoms with Gasteiger partial charge in [-0.15, -0.1) is 12.4 Å². The van der Waals surface area contributed by atoms with Gasteiger partial charge in [-0.25, -0.2) is 0 Å². The van der Waals surface area contributed by atoms with Crippen LogP contribution in [0.5, 0.6) is 0 Å². The molecule has 0 aliphatic rings. The van der Waals surface area contributed by atoms with Gasteiger partial charge in [0.1, 0.15) is 0 Å². The number of alkyl halides is 3. The minimum atomic E-state index is -4.29. The fraction of sp³-hybridized carbons (Fsp3) is 0.455. The number of thioether (sulfide) groups is 1. The van der Waals surface area contributed by atoms with E-state index in [1.807, 2.05) is 0 Å². The Morgan fingerprint density at radius 1 is 1.28 bits per heavy atom. The first-order valence-electron chi connectivity index (χ1n) is 5.13. The molecule has 0 amide bonds. The van der Waals surface area contributed by atoms with Gasteiger partial charge >= 0.3 is 5.51 Å². The van der Waals surface area contributed by atoms with Crippen molar-refractivity contribution in [2.24, 2.45) is 5.73 Å². The topological polar surface area (TPSA) is 46.2 Å². The van der Waals surface area contributed by atoms with Crippen molar-refractivity contribution in [1.82, 2.24) is 0 Å². The van der Waals surface area contributed by atoms with Crippen molar-refractivity contribution in [1.29, 1.82) is 0 Å². The summed E-state index contributed by atoms with van der Waals surface area (Å²) in [6, 6.07) is 5.17. The largest absolute Gasteiger partial charge is 0.446 e. The van der Waals surface area contributed by atoms with Crippen molar-refractivity contribution in [2.45, 2.75) is 35.9 Å². The van der Waals surface area contributed by atoms with Gasteiger partial charge in [0.2, 0.25) is 0 Å². The molecule has 0 aliphatic carbocycles. The van der Waals surface area contributed by atoms with Crippen molar-refractivity contribution >= 4 is 24.2 Å². The predicted molar refractivity (Wildman–Crippen MR) is 68.8 cm³/mol. The summed E-state index contributed by atoms with van der Waals surface area (Å²) in [5, 5.41) is 9.53. The summed E-state index contributed by atoms with van der Waals surface area (Å²) in [5.41, 5.74) is 2.09. The Morgan fingerprint density at radius 3 is 2.17 bits per heavy atom. The second-order valence-electron chi connectivity index (χ2n) is 3.62. The van der Waals surface area contributed by atoms with E-state index in [9.17, 15) is 18.3 Å². The van der Waals surface area contributed by atoms with Crippen LogP contribution in [0.4, 0.5) is 13.2 Å². The molecule has 0 heterocycles. The number of aliphatic hydroxyl groups excluding tert-OH is 1. The number of nitrogens with two attached hydrogens (primary N) is 1. The highest BCUT2D eigenvalue weighted by Crippen LogP contribution is 2.37. The van der Waals surface area contributed by atoms with Gasteiger partial charge in [0.25, 0.3) is 0 Å². The van der Waals surface area contributed by atoms with Crippen LogP contribution in [0.15, 0.2) is 29.2 Å². The molecule has 0 aromatic heterocycles. The third-order valence-corrected chi connectivity index (χ3v) is 3.07. The Kier molecular flexibility index (Phi) is 7.06. The van der Waals surface area contributed by atoms with Crippen LogP contribution in [0.25, 0.3) is 0 Å². The molecule has 0 radical (unpaired) electrons. The lowest BCUT2D eigenvalue weighted by Gasteiger charge is -2.17. The lowest BCUT2D eigenvalue weighted by Crippen LogP contribution is -2.25. The number of benzene rings is 1. The van der Waals surface area contributed by atoms with E-state index in [0.29, 0.717) is 12.0 Å². The summed E-state index contributed by atoms with van der Waals surface area (Å²) < 4.78 is 36.2. The lowest BCUT2D eigenvalue weighted by molar-refractivity contribution is -0.0328. The lowest BCUT2D eigenvalue weighted by atomic mass is 10.0. The van der Waals surface area contributed by atoms with Gasteiger partial charge in [0, 0.05) is 4.90 Å². The van der Waals surface area contributed by atoms with Gasteiger partial charge < -0.3 is 10.8 Å². The molecule has 2 nitrogen and oxygen atoms in total. The third-order valence-electron chi connectivity index (χ3n) is 2.33. The van der Waals surface area contributed by atoms with Gasteiger partial charge in [0.05, 0.1) is 12.1 Å². The highest BCUT2D eigenvalue weighted by molar-refractivity contribution is 8.00. The Labute approximate surface area is 114 Å². The Bertz CT molecular complexity index is 358. The first-order valence-corrected chi connectivity index (χ1v) is 5.94. The fourth-order valence-electron chi connectivity index (χ4n) is 1.37. The zero-order valence-corrected chi connectivity index (χ0v) is 11.3. The summed E-state index contributed by atoms with van der Waals surface area (Å²) in [6.07, 6.45) is -0.184. The van der Waals surface area contributed by atoms with Gasteiger partial charge in [0.15, 0.2) is 0 Å². The van der Waals surface area contributed by atoms with Crippen LogP contribution < -0.4 is 5.73 Å². The molecule has 0 saturated carbocycles. The highest BCUT2D eigenvalue weighted by Gasteiger charge is 2.29. The number of halogens is 4. The number of hydrogen-bond donors (Lipinski definition) is 2. The van der Waals surface area contributed by atoms with E-state index in [0.717, 1.165) is 0 Å². The summed E-state index contributed by atoms with van der Waals surface area (Å²) >= 11 is -0.168. The standard InChI is InChI=1S/C11H14F3NOS.ClH/c1-2-9(16)10(15)7-3-5-8(6-4-7)17-11(12,13)14;/h3-6,9-10,16H,2,15H2,1H3;1H/t9-,10+;/m1./s1. The maximum absolute atomic E-state index is 12.1. The zero-order chi connectivity index (χ0) is 13.1. The molecule has 1 rings (SSSR count). The van der Waals surface area contributed by atoms with E-state index in [4.69, 9.17) is 5.73 Å². The van der Waals surface area contributed by atoms with Gasteiger partial charge in [-0.2, -0.15) is 13.2 Å². The predicted octanol–water partition coefficient (Wildman–Crippen LogP) is 3.49. The molecule has 104 valence electrons. The van der Waals surface area contributed by atoms with Crippen LogP contribution in [0.3, 0.4) is 0 Å². The number of aliphatic hydroxyl groups is 1. The van der Waals surface area contributed by atoms with Crippen LogP contribution >= 0.6 is 24.2 Å². The van der Waals surface area contributed by atoms with E-state index in [1.54, 1.807) is 6.92 Å². The average molecular weight is 302 g/mol. The fourth-order valence-corrected chi connectivity index (χ4v) is 1.91. The minimum Gasteiger partial charge on any atom is -0.391 e. The number of rotatable bonds is 4. The van der Waals surface area contributed by atoms with Crippen molar-refractivity contribution in [3.8, 4) is 0 Å². The second kappa shape index (κ2) is 7.23. The van der Waals surface area contributed by atoms with E-state index in [2.05, 4.69) is 0 Å². The SMILES string of the molecule is CC[C@@H](O)[C@@H](N)c1ccc(SC(F)(F)F)cc1.Cl. The van der Waals surface area contributed by atoms with Gasteiger partial charge in [-0.05, 0) is 35.9 Å². The first kappa shape index (κ1) is 17.6. The van der Waals surface area contributed by atoms with Crippen molar-refractivity contribution in [3.05, 3.63) is 29.8 Å². The van der Waals surface area contributed by atoms with E-state index in [1.165, 1.54) is 24.3 Å². The zero-order valence-electron chi connectivity index (χ0n) is 9.65. The molecule has 0 aliphatic heterocycles. The Balaban J connectivity index is 0.00000289. The molecule has 0 saturated heterocycles. The summed E-state index contributed by atoms with van der Waals surface area (Å²) in [5.74, 6) is 0. The molecule has 7 heteroatoms. The van der Waals surface area contributed by atoms with Gasteiger partial charge in [-0.1, -0.05) is 19.1 Å². The highest BCUT2D eigenvalue weighted by atomic mass is 35.5. The maximum atomic E-state index is 12.1. The molecule has 0 spiro atoms. The number of hydrogen-bond acceptors (Lipinski definition) is 3. The van der Waals surface area contributed by atoms with Crippen LogP contribution in [0.1, 0.15) is 24.9 Å². The third kappa shape index (κ3) is 5.48. The van der Waals surface area contributed by atoms with Gasteiger partial charge in [-0.3, -0.25) is 0 Å². The van der Waals surface area contributed by atoms with Crippen molar-refractivity contribution in [2.75, 3.05) is 0 Å². The molecule has 0 unspecified atom stereocenters. The smallest absolute Gasteiger partial charge is 0.391 e. The monoisotopic (exact) mass is 301 g/mol. The van der Waals surface area contributed by atoms with E-state index >= 15 is 0 Å². The van der Waals surface area contributed by atoms with E-state index < -0.39 is 17.7 Å². The second-order valence-corrected chi connectivity index (χ2v) is 4.76. The van der Waals surface area contributed by atoms with Crippen molar-refractivity contribution in [3.63, 3.8) is 0 Å². The molecular formula is C11H15ClF3NOS. The van der Waals surface area contributed by atoms with Crippen LogP contribution in [0, 0.1) is 0 Å². The maximum Gasteiger partial charge on any atom is 0.446 e. The summed E-state index contributed by atoms with van der Waals surface area (Å²) in [7, 11) is 0. The molecule has 18 heavy (non-hydrogen) atoms. The summed E-state index contributed by atoms with van der Waals surface area (Å²) in [6.45, 7) is 1.79. The minimum absolute atomic E-state index is 0. The van der Waals surface area contributed by atoms with Crippen molar-refractivity contribution < 1.29 is 18.3 Å². The Morgan fingerprint density at radius 2 is 1.78 bits per heavy atom. The first-order chi connectivity index (χ1) is 7.83. The van der Waals surface area contributed by atoms with Crippen LogP contribution in [-0.2, 0) is 0 Å². The Hall–Kier alpha value is -0.430. The summed E-state index contributed by atoms with van der Waals surface area (Å²) in [4.78, 5) is 0.111. The molecule has 3 N–H and O–H groups in total. The molecule has 2 atom stereocenters. The quantitative estimate of drug-likeness (QED) is 0.837. The van der Waals surface area contributed by atoms with E-state index in [-0.39, 0.29) is 29.1 Å². The van der Waals surface area contributed by atoms with Crippen LogP contribution in [0.2, 0.25) is 0 Å². The normalized spacial score (nSPS) is 14.8. The molecule has 0 fully saturated rings. The van der Waals surface area contributed by atoms with Crippen LogP contribution in [-0.4, -0.2) is 16.7 Å².